The Kier molecular flexibility index (Phi) is 7.34. The average molecular weight is 494 g/mol. The van der Waals surface area contributed by atoms with Crippen molar-refractivity contribution in [3.63, 3.8) is 0 Å². The molecule has 0 bridgehead atoms. The zero-order valence-corrected chi connectivity index (χ0v) is 18.5. The quantitative estimate of drug-likeness (QED) is 0.410. The van der Waals surface area contributed by atoms with E-state index in [0.717, 1.165) is 5.56 Å². The van der Waals surface area contributed by atoms with Crippen LogP contribution in [0.15, 0.2) is 24.3 Å². The van der Waals surface area contributed by atoms with Gasteiger partial charge in [-0.1, -0.05) is 94.7 Å². The molecule has 0 aliphatic carbocycles. The second-order valence-electron chi connectivity index (χ2n) is 5.23. The van der Waals surface area contributed by atoms with Crippen LogP contribution in [0, 0.1) is 0 Å². The number of hydrogen-bond acceptors (Lipinski definition) is 4. The van der Waals surface area contributed by atoms with Crippen LogP contribution in [0.3, 0.4) is 0 Å². The molecule has 0 saturated heterocycles. The lowest BCUT2D eigenvalue weighted by molar-refractivity contribution is -0.112. The van der Waals surface area contributed by atoms with E-state index in [1.807, 2.05) is 6.92 Å². The highest BCUT2D eigenvalue weighted by molar-refractivity contribution is 7.96. The molecule has 0 aliphatic heterocycles. The topological polar surface area (TPSA) is 55.7 Å². The van der Waals surface area contributed by atoms with E-state index >= 15 is 0 Å². The van der Waals surface area contributed by atoms with Crippen LogP contribution in [0.2, 0.25) is 0 Å². The summed E-state index contributed by atoms with van der Waals surface area (Å²) < 4.78 is -3.88. The number of nitrogens with zero attached hydrogens (tertiary/aromatic N) is 3. The summed E-state index contributed by atoms with van der Waals surface area (Å²) in [4.78, 5) is 24.0. The number of benzene rings is 1. The van der Waals surface area contributed by atoms with Gasteiger partial charge < -0.3 is 0 Å². The van der Waals surface area contributed by atoms with Crippen molar-refractivity contribution < 1.29 is 4.79 Å². The third-order valence-corrected chi connectivity index (χ3v) is 4.72. The molecule has 26 heavy (non-hydrogen) atoms. The molecule has 0 radical (unpaired) electrons. The summed E-state index contributed by atoms with van der Waals surface area (Å²) in [6.45, 7) is 1.89. The van der Waals surface area contributed by atoms with Crippen LogP contribution in [0.1, 0.15) is 36.5 Å². The number of thiol groups is 1. The third kappa shape index (κ3) is 5.51. The van der Waals surface area contributed by atoms with E-state index in [9.17, 15) is 4.79 Å². The Morgan fingerprint density at radius 2 is 1.58 bits per heavy atom. The maximum absolute atomic E-state index is 11.7. The minimum Gasteiger partial charge on any atom is -0.287 e. The molecule has 140 valence electrons. The number of carbonyl (C=O) groups is 1. The highest BCUT2D eigenvalue weighted by Crippen LogP contribution is 2.40. The van der Waals surface area contributed by atoms with Crippen LogP contribution in [0.25, 0.3) is 11.4 Å². The van der Waals surface area contributed by atoms with Crippen LogP contribution in [0.4, 0.5) is 0 Å². The molecule has 1 unspecified atom stereocenters. The van der Waals surface area contributed by atoms with Crippen molar-refractivity contribution >= 4 is 87.3 Å². The molecule has 0 saturated carbocycles. The first-order valence-corrected chi connectivity index (χ1v) is 9.88. The minimum absolute atomic E-state index is 0.144. The molecule has 0 amide bonds. The Morgan fingerprint density at radius 1 is 1.04 bits per heavy atom. The van der Waals surface area contributed by atoms with Crippen molar-refractivity contribution in [1.29, 1.82) is 0 Å². The van der Waals surface area contributed by atoms with Crippen molar-refractivity contribution in [2.75, 3.05) is 0 Å². The lowest BCUT2D eigenvalue weighted by Crippen LogP contribution is -2.17. The van der Waals surface area contributed by atoms with Gasteiger partial charge in [0.25, 0.3) is 0 Å². The first kappa shape index (κ1) is 22.3. The summed E-state index contributed by atoms with van der Waals surface area (Å²) in [5.74, 6) is -0.598. The summed E-state index contributed by atoms with van der Waals surface area (Å²) >= 11 is 39.2. The molecule has 0 aliphatic rings. The average Bonchev–Trinajstić information content (AvgIpc) is 2.53. The van der Waals surface area contributed by atoms with E-state index in [0.29, 0.717) is 12.0 Å². The van der Waals surface area contributed by atoms with E-state index in [1.54, 1.807) is 24.3 Å². The molecule has 1 atom stereocenters. The summed E-state index contributed by atoms with van der Waals surface area (Å²) in [5.41, 5.74) is 1.29. The predicted molar refractivity (Wildman–Crippen MR) is 111 cm³/mol. The number of carbonyl (C=O) groups excluding carboxylic acids is 1. The zero-order chi connectivity index (χ0) is 19.7. The predicted octanol–water partition coefficient (Wildman–Crippen LogP) is 6.14. The molecule has 11 heteroatoms. The standard InChI is InChI=1S/C15H11Cl6N3OS/c1-2-9(11(25)26)7-4-3-5-8(6-7)10-22-12(14(16,17)18)24-13(23-10)15(19,20)21/h3-6,9H,2H2,1H3,(H,25,26). The fraction of sp³-hybridized carbons (Fsp3) is 0.333. The Bertz CT molecular complexity index is 790. The van der Waals surface area contributed by atoms with Gasteiger partial charge >= 0.3 is 0 Å². The zero-order valence-electron chi connectivity index (χ0n) is 13.1. The smallest absolute Gasteiger partial charge is 0.250 e. The van der Waals surface area contributed by atoms with Gasteiger partial charge in [-0.2, -0.15) is 0 Å². The largest absolute Gasteiger partial charge is 0.287 e. The van der Waals surface area contributed by atoms with Crippen LogP contribution >= 0.6 is 82.2 Å². The highest BCUT2D eigenvalue weighted by Gasteiger charge is 2.34. The lowest BCUT2D eigenvalue weighted by Gasteiger charge is -2.16. The van der Waals surface area contributed by atoms with Gasteiger partial charge in [-0.15, -0.1) is 12.6 Å². The first-order valence-electron chi connectivity index (χ1n) is 7.17. The Labute approximate surface area is 185 Å². The Hall–Kier alpha value is -0.01000. The molecule has 1 heterocycles. The minimum atomic E-state index is -1.94. The van der Waals surface area contributed by atoms with Gasteiger partial charge in [0, 0.05) is 5.56 Å². The number of aromatic nitrogens is 3. The molecule has 4 nitrogen and oxygen atoms in total. The van der Waals surface area contributed by atoms with Gasteiger partial charge in [0.1, 0.15) is 0 Å². The summed E-state index contributed by atoms with van der Waals surface area (Å²) in [5, 5.41) is -0.246. The normalized spacial score (nSPS) is 13.5. The molecule has 2 rings (SSSR count). The van der Waals surface area contributed by atoms with Gasteiger partial charge in [-0.3, -0.25) is 4.79 Å². The van der Waals surface area contributed by atoms with Gasteiger partial charge in [0.15, 0.2) is 22.6 Å². The maximum Gasteiger partial charge on any atom is 0.250 e. The Balaban J connectivity index is 2.63. The van der Waals surface area contributed by atoms with Crippen molar-refractivity contribution in [2.45, 2.75) is 26.8 Å². The lowest BCUT2D eigenvalue weighted by atomic mass is 9.96. The maximum atomic E-state index is 11.7. The van der Waals surface area contributed by atoms with Gasteiger partial charge in [-0.05, 0) is 18.1 Å². The van der Waals surface area contributed by atoms with Crippen LogP contribution in [0.5, 0.6) is 0 Å². The molecule has 0 N–H and O–H groups in total. The number of rotatable bonds is 4. The summed E-state index contributed by atoms with van der Waals surface area (Å²) in [6.07, 6.45) is 0.585. The number of alkyl halides is 6. The summed E-state index contributed by atoms with van der Waals surface area (Å²) in [6, 6.07) is 7.01. The van der Waals surface area contributed by atoms with E-state index < -0.39 is 7.59 Å². The van der Waals surface area contributed by atoms with Crippen LogP contribution in [-0.2, 0) is 12.4 Å². The third-order valence-electron chi connectivity index (χ3n) is 3.40. The second kappa shape index (κ2) is 8.56. The molecule has 0 spiro atoms. The molecular formula is C15H11Cl6N3OS. The van der Waals surface area contributed by atoms with Crippen LogP contribution in [-0.4, -0.2) is 20.1 Å². The highest BCUT2D eigenvalue weighted by atomic mass is 35.6. The van der Waals surface area contributed by atoms with Crippen molar-refractivity contribution in [3.05, 3.63) is 41.5 Å². The first-order chi connectivity index (χ1) is 11.9. The van der Waals surface area contributed by atoms with Gasteiger partial charge in [-0.25, -0.2) is 15.0 Å². The molecular weight excluding hydrogens is 483 g/mol. The molecule has 1 aromatic carbocycles. The van der Waals surface area contributed by atoms with Crippen LogP contribution < -0.4 is 0 Å². The van der Waals surface area contributed by atoms with E-state index in [1.165, 1.54) is 0 Å². The number of hydrogen-bond donors (Lipinski definition) is 1. The molecule has 1 aromatic heterocycles. The fourth-order valence-corrected chi connectivity index (χ4v) is 3.04. The summed E-state index contributed by atoms with van der Waals surface area (Å²) in [7, 11) is 0. The molecule has 0 fully saturated rings. The second-order valence-corrected chi connectivity index (χ2v) is 10.2. The van der Waals surface area contributed by atoms with E-state index in [2.05, 4.69) is 27.6 Å². The number of halogens is 6. The van der Waals surface area contributed by atoms with Gasteiger partial charge in [0.2, 0.25) is 7.59 Å². The van der Waals surface area contributed by atoms with E-state index in [-0.39, 0.29) is 28.5 Å². The molecule has 2 aromatic rings. The van der Waals surface area contributed by atoms with E-state index in [4.69, 9.17) is 69.6 Å². The fourth-order valence-electron chi connectivity index (χ4n) is 2.21. The van der Waals surface area contributed by atoms with Crippen molar-refractivity contribution in [2.24, 2.45) is 0 Å². The van der Waals surface area contributed by atoms with Gasteiger partial charge in [0.05, 0.1) is 5.92 Å². The van der Waals surface area contributed by atoms with Crippen molar-refractivity contribution in [3.8, 4) is 11.4 Å². The Morgan fingerprint density at radius 3 is 2.00 bits per heavy atom. The SMILES string of the molecule is CCC(C(=O)S)c1cccc(-c2nc(C(Cl)(Cl)Cl)nc(C(Cl)(Cl)Cl)n2)c1. The van der Waals surface area contributed by atoms with Crippen molar-refractivity contribution in [1.82, 2.24) is 15.0 Å². The monoisotopic (exact) mass is 491 g/mol.